The molecule has 0 aromatic rings. The van der Waals surface area contributed by atoms with Crippen LogP contribution in [0.4, 0.5) is 0 Å². The van der Waals surface area contributed by atoms with Crippen LogP contribution in [0.2, 0.25) is 0 Å². The summed E-state index contributed by atoms with van der Waals surface area (Å²) in [7, 11) is 0. The van der Waals surface area contributed by atoms with Crippen LogP contribution in [-0.4, -0.2) is 54.6 Å². The monoisotopic (exact) mass is 267 g/mol. The van der Waals surface area contributed by atoms with Gasteiger partial charge in [0.05, 0.1) is 0 Å². The maximum Gasteiger partial charge on any atom is 0.0278 e. The smallest absolute Gasteiger partial charge is 0.0278 e. The fourth-order valence-electron chi connectivity index (χ4n) is 3.58. The summed E-state index contributed by atoms with van der Waals surface area (Å²) >= 11 is 0. The average Bonchev–Trinajstić information content (AvgIpc) is 2.94. The Morgan fingerprint density at radius 1 is 0.947 bits per heavy atom. The first kappa shape index (κ1) is 15.3. The molecule has 2 saturated heterocycles. The first-order valence-electron chi connectivity index (χ1n) is 8.39. The molecule has 19 heavy (non-hydrogen) atoms. The zero-order valence-corrected chi connectivity index (χ0v) is 13.0. The van der Waals surface area contributed by atoms with Crippen molar-refractivity contribution < 1.29 is 0 Å². The summed E-state index contributed by atoms with van der Waals surface area (Å²) in [6.45, 7) is 12.1. The van der Waals surface area contributed by atoms with Gasteiger partial charge in [-0.15, -0.1) is 0 Å². The fourth-order valence-corrected chi connectivity index (χ4v) is 3.58. The Morgan fingerprint density at radius 3 is 2.05 bits per heavy atom. The summed E-state index contributed by atoms with van der Waals surface area (Å²) in [6, 6.07) is 0. The average molecular weight is 267 g/mol. The number of nitrogens with two attached hydrogens (primary N) is 1. The lowest BCUT2D eigenvalue weighted by molar-refractivity contribution is 0.126. The van der Waals surface area contributed by atoms with Crippen molar-refractivity contribution in [3.8, 4) is 0 Å². The van der Waals surface area contributed by atoms with Crippen molar-refractivity contribution in [2.24, 2.45) is 11.7 Å². The Labute approximate surface area is 119 Å². The van der Waals surface area contributed by atoms with Gasteiger partial charge in [-0.3, -0.25) is 0 Å². The molecule has 0 spiro atoms. The van der Waals surface area contributed by atoms with Gasteiger partial charge in [0.1, 0.15) is 0 Å². The number of hydrogen-bond donors (Lipinski definition) is 1. The molecule has 0 saturated carbocycles. The van der Waals surface area contributed by atoms with Crippen molar-refractivity contribution in [2.75, 3.05) is 39.3 Å². The van der Waals surface area contributed by atoms with Crippen molar-refractivity contribution in [1.29, 1.82) is 0 Å². The van der Waals surface area contributed by atoms with E-state index in [1.807, 2.05) is 0 Å². The third-order valence-electron chi connectivity index (χ3n) is 5.37. The van der Waals surface area contributed by atoms with E-state index in [4.69, 9.17) is 5.73 Å². The third kappa shape index (κ3) is 4.44. The van der Waals surface area contributed by atoms with Crippen LogP contribution in [-0.2, 0) is 0 Å². The molecule has 0 unspecified atom stereocenters. The van der Waals surface area contributed by atoms with E-state index < -0.39 is 0 Å². The minimum Gasteiger partial charge on any atom is -0.324 e. The lowest BCUT2D eigenvalue weighted by Gasteiger charge is -2.39. The Hall–Kier alpha value is -0.120. The predicted octanol–water partition coefficient (Wildman–Crippen LogP) is 2.31. The largest absolute Gasteiger partial charge is 0.324 e. The highest BCUT2D eigenvalue weighted by Crippen LogP contribution is 2.23. The van der Waals surface area contributed by atoms with Crippen LogP contribution in [0.1, 0.15) is 52.4 Å². The van der Waals surface area contributed by atoms with E-state index in [2.05, 4.69) is 23.6 Å². The van der Waals surface area contributed by atoms with Gasteiger partial charge in [-0.1, -0.05) is 13.8 Å². The topological polar surface area (TPSA) is 32.5 Å². The normalized spacial score (nSPS) is 24.2. The summed E-state index contributed by atoms with van der Waals surface area (Å²) in [5.41, 5.74) is 6.49. The molecule has 2 rings (SSSR count). The van der Waals surface area contributed by atoms with E-state index in [1.54, 1.807) is 0 Å². The van der Waals surface area contributed by atoms with E-state index in [1.165, 1.54) is 58.4 Å². The lowest BCUT2D eigenvalue weighted by atomic mass is 9.90. The fraction of sp³-hybridized carbons (Fsp3) is 1.00. The highest BCUT2D eigenvalue weighted by molar-refractivity contribution is 4.87. The van der Waals surface area contributed by atoms with E-state index in [0.29, 0.717) is 0 Å². The highest BCUT2D eigenvalue weighted by Gasteiger charge is 2.28. The van der Waals surface area contributed by atoms with Crippen molar-refractivity contribution in [3.05, 3.63) is 0 Å². The van der Waals surface area contributed by atoms with Gasteiger partial charge in [-0.05, 0) is 70.6 Å². The summed E-state index contributed by atoms with van der Waals surface area (Å²) < 4.78 is 0. The predicted molar refractivity (Wildman–Crippen MR) is 82.3 cm³/mol. The second-order valence-electron chi connectivity index (χ2n) is 6.80. The van der Waals surface area contributed by atoms with E-state index >= 15 is 0 Å². The van der Waals surface area contributed by atoms with Crippen LogP contribution < -0.4 is 5.73 Å². The Morgan fingerprint density at radius 2 is 1.53 bits per heavy atom. The maximum absolute atomic E-state index is 6.44. The van der Waals surface area contributed by atoms with Gasteiger partial charge < -0.3 is 15.5 Å². The Balaban J connectivity index is 1.69. The number of hydrogen-bond acceptors (Lipinski definition) is 3. The van der Waals surface area contributed by atoms with Gasteiger partial charge in [0.2, 0.25) is 0 Å². The molecule has 0 aromatic carbocycles. The first-order valence-corrected chi connectivity index (χ1v) is 8.39. The first-order chi connectivity index (χ1) is 9.15. The Kier molecular flexibility index (Phi) is 5.67. The second kappa shape index (κ2) is 7.05. The van der Waals surface area contributed by atoms with Crippen molar-refractivity contribution in [2.45, 2.75) is 57.9 Å². The molecule has 2 aliphatic rings. The van der Waals surface area contributed by atoms with Gasteiger partial charge >= 0.3 is 0 Å². The van der Waals surface area contributed by atoms with Gasteiger partial charge in [-0.25, -0.2) is 0 Å². The molecule has 2 N–H and O–H groups in total. The van der Waals surface area contributed by atoms with E-state index in [0.717, 1.165) is 25.3 Å². The van der Waals surface area contributed by atoms with Gasteiger partial charge in [-0.2, -0.15) is 0 Å². The molecule has 0 atom stereocenters. The van der Waals surface area contributed by atoms with Crippen molar-refractivity contribution in [1.82, 2.24) is 9.80 Å². The third-order valence-corrected chi connectivity index (χ3v) is 5.37. The molecule has 0 bridgehead atoms. The molecular weight excluding hydrogens is 234 g/mol. The summed E-state index contributed by atoms with van der Waals surface area (Å²) in [5.74, 6) is 0.935. The van der Waals surface area contributed by atoms with Gasteiger partial charge in [0, 0.05) is 18.6 Å². The standard InChI is InChI=1S/C16H33N3/c1-3-16(17,4-2)14-19-11-7-15(8-12-19)13-18-9-5-6-10-18/h15H,3-14,17H2,1-2H3. The summed E-state index contributed by atoms with van der Waals surface area (Å²) in [4.78, 5) is 5.28. The van der Waals surface area contributed by atoms with Gasteiger partial charge in [0.15, 0.2) is 0 Å². The van der Waals surface area contributed by atoms with Gasteiger partial charge in [0.25, 0.3) is 0 Å². The van der Waals surface area contributed by atoms with Crippen LogP contribution >= 0.6 is 0 Å². The second-order valence-corrected chi connectivity index (χ2v) is 6.80. The van der Waals surface area contributed by atoms with Crippen LogP contribution in [0.3, 0.4) is 0 Å². The SMILES string of the molecule is CCC(N)(CC)CN1CCC(CN2CCCC2)CC1. The molecule has 0 aliphatic carbocycles. The quantitative estimate of drug-likeness (QED) is 0.801. The molecule has 2 fully saturated rings. The summed E-state index contributed by atoms with van der Waals surface area (Å²) in [6.07, 6.45) is 7.78. The van der Waals surface area contributed by atoms with Crippen LogP contribution in [0.15, 0.2) is 0 Å². The zero-order chi connectivity index (χ0) is 13.7. The van der Waals surface area contributed by atoms with Crippen LogP contribution in [0, 0.1) is 5.92 Å². The molecule has 112 valence electrons. The Bertz CT molecular complexity index is 249. The summed E-state index contributed by atoms with van der Waals surface area (Å²) in [5, 5.41) is 0. The minimum atomic E-state index is 0.0434. The van der Waals surface area contributed by atoms with E-state index in [9.17, 15) is 0 Å². The molecule has 2 heterocycles. The molecule has 0 aromatic heterocycles. The van der Waals surface area contributed by atoms with E-state index in [-0.39, 0.29) is 5.54 Å². The molecule has 0 amide bonds. The number of rotatable bonds is 6. The number of nitrogens with zero attached hydrogens (tertiary/aromatic N) is 2. The van der Waals surface area contributed by atoms with Crippen LogP contribution in [0.25, 0.3) is 0 Å². The van der Waals surface area contributed by atoms with Crippen LogP contribution in [0.5, 0.6) is 0 Å². The highest BCUT2D eigenvalue weighted by atomic mass is 15.2. The maximum atomic E-state index is 6.44. The lowest BCUT2D eigenvalue weighted by Crippen LogP contribution is -2.51. The molecule has 0 radical (unpaired) electrons. The van der Waals surface area contributed by atoms with Crippen molar-refractivity contribution >= 4 is 0 Å². The number of likely N-dealkylation sites (tertiary alicyclic amines) is 2. The zero-order valence-electron chi connectivity index (χ0n) is 13.0. The number of piperidine rings is 1. The molecule has 3 heteroatoms. The molecule has 3 nitrogen and oxygen atoms in total. The minimum absolute atomic E-state index is 0.0434. The van der Waals surface area contributed by atoms with Crippen molar-refractivity contribution in [3.63, 3.8) is 0 Å². The molecule has 2 aliphatic heterocycles. The molecular formula is C16H33N3.